The van der Waals surface area contributed by atoms with Gasteiger partial charge in [-0.25, -0.2) is 8.78 Å². The van der Waals surface area contributed by atoms with Crippen molar-refractivity contribution in [2.75, 3.05) is 9.80 Å². The maximum absolute atomic E-state index is 17.5. The molecule has 0 saturated heterocycles. The molecule has 12 aromatic rings. The molecule has 0 atom stereocenters. The molecule has 0 aliphatic carbocycles. The summed E-state index contributed by atoms with van der Waals surface area (Å²) in [6.07, 6.45) is 0. The summed E-state index contributed by atoms with van der Waals surface area (Å²) in [5.74, 6) is -0.674. The van der Waals surface area contributed by atoms with E-state index in [1.807, 2.05) is 48.5 Å². The summed E-state index contributed by atoms with van der Waals surface area (Å²) < 4.78 is 35.1. The third-order valence-electron chi connectivity index (χ3n) is 14.2. The molecule has 0 radical (unpaired) electrons. The van der Waals surface area contributed by atoms with Crippen LogP contribution in [0.25, 0.3) is 76.8 Å². The molecular formula is C68H50F2N2. The van der Waals surface area contributed by atoms with Crippen LogP contribution in [0, 0.1) is 39.3 Å². The SMILES string of the molecule is Cc1ccc(-c2ccc(F)c(N(c3ccccc3)c3ccc4ccc5c(N(c6ccccc6)c6c(F)ccc(-c7ccc(C)cc7)c6-c6ccc(C)cc6)ccc6ccc3c4c65)c2-c2ccc(C)cc2)cc1. The van der Waals surface area contributed by atoms with E-state index in [-0.39, 0.29) is 11.6 Å². The number of nitrogens with zero attached hydrogens (tertiary/aromatic N) is 2. The van der Waals surface area contributed by atoms with Gasteiger partial charge in [0.05, 0.1) is 22.7 Å². The van der Waals surface area contributed by atoms with Gasteiger partial charge in [-0.2, -0.15) is 0 Å². The molecule has 0 fully saturated rings. The van der Waals surface area contributed by atoms with Crippen molar-refractivity contribution in [3.8, 4) is 44.5 Å². The minimum absolute atomic E-state index is 0.337. The van der Waals surface area contributed by atoms with E-state index in [2.05, 4.69) is 207 Å². The van der Waals surface area contributed by atoms with Gasteiger partial charge in [0.2, 0.25) is 0 Å². The lowest BCUT2D eigenvalue weighted by Crippen LogP contribution is -2.15. The lowest BCUT2D eigenvalue weighted by atomic mass is 9.89. The molecule has 72 heavy (non-hydrogen) atoms. The summed E-state index contributed by atoms with van der Waals surface area (Å²) in [6.45, 7) is 8.31. The van der Waals surface area contributed by atoms with E-state index >= 15 is 8.78 Å². The Morgan fingerprint density at radius 1 is 0.292 bits per heavy atom. The van der Waals surface area contributed by atoms with Crippen LogP contribution in [0.1, 0.15) is 22.3 Å². The molecule has 12 aromatic carbocycles. The molecule has 0 aliphatic rings. The third kappa shape index (κ3) is 7.73. The summed E-state index contributed by atoms with van der Waals surface area (Å²) in [6, 6.07) is 78.2. The highest BCUT2D eigenvalue weighted by Crippen LogP contribution is 2.53. The minimum atomic E-state index is -0.337. The van der Waals surface area contributed by atoms with Crippen molar-refractivity contribution < 1.29 is 8.78 Å². The van der Waals surface area contributed by atoms with Gasteiger partial charge in [-0.15, -0.1) is 0 Å². The van der Waals surface area contributed by atoms with Crippen LogP contribution in [0.3, 0.4) is 0 Å². The Morgan fingerprint density at radius 3 is 0.958 bits per heavy atom. The van der Waals surface area contributed by atoms with E-state index in [0.717, 1.165) is 122 Å². The van der Waals surface area contributed by atoms with Crippen LogP contribution < -0.4 is 9.80 Å². The van der Waals surface area contributed by atoms with Gasteiger partial charge < -0.3 is 9.80 Å². The monoisotopic (exact) mass is 932 g/mol. The lowest BCUT2D eigenvalue weighted by Gasteiger charge is -2.32. The number of rotatable bonds is 10. The summed E-state index contributed by atoms with van der Waals surface area (Å²) in [5, 5.41) is 6.09. The maximum Gasteiger partial charge on any atom is 0.147 e. The second-order valence-electron chi connectivity index (χ2n) is 19.0. The largest absolute Gasteiger partial charge is 0.307 e. The zero-order valence-corrected chi connectivity index (χ0v) is 40.6. The van der Waals surface area contributed by atoms with Crippen molar-refractivity contribution in [3.63, 3.8) is 0 Å². The summed E-state index contributed by atoms with van der Waals surface area (Å²) in [7, 11) is 0. The molecule has 0 N–H and O–H groups in total. The Morgan fingerprint density at radius 2 is 0.611 bits per heavy atom. The van der Waals surface area contributed by atoms with Crippen LogP contribution in [-0.4, -0.2) is 0 Å². The van der Waals surface area contributed by atoms with E-state index in [4.69, 9.17) is 0 Å². The average molecular weight is 933 g/mol. The van der Waals surface area contributed by atoms with Gasteiger partial charge >= 0.3 is 0 Å². The predicted octanol–water partition coefficient (Wildman–Crippen LogP) is 19.7. The zero-order valence-electron chi connectivity index (χ0n) is 40.6. The number of benzene rings is 12. The van der Waals surface area contributed by atoms with Crippen LogP contribution in [0.5, 0.6) is 0 Å². The van der Waals surface area contributed by atoms with Gasteiger partial charge in [0.1, 0.15) is 11.6 Å². The third-order valence-corrected chi connectivity index (χ3v) is 14.2. The van der Waals surface area contributed by atoms with Gasteiger partial charge in [0.25, 0.3) is 0 Å². The molecule has 12 rings (SSSR count). The minimum Gasteiger partial charge on any atom is -0.307 e. The summed E-state index contributed by atoms with van der Waals surface area (Å²) in [4.78, 5) is 4.20. The molecule has 0 saturated carbocycles. The molecule has 0 bridgehead atoms. The van der Waals surface area contributed by atoms with Gasteiger partial charge in [-0.3, -0.25) is 0 Å². The number of anilines is 6. The van der Waals surface area contributed by atoms with Crippen molar-refractivity contribution >= 4 is 66.4 Å². The molecule has 2 nitrogen and oxygen atoms in total. The van der Waals surface area contributed by atoms with Gasteiger partial charge in [0, 0.05) is 33.3 Å². The Labute approximate surface area is 419 Å². The van der Waals surface area contributed by atoms with E-state index in [1.165, 1.54) is 0 Å². The van der Waals surface area contributed by atoms with Crippen molar-refractivity contribution in [1.29, 1.82) is 0 Å². The van der Waals surface area contributed by atoms with Crippen LogP contribution in [0.15, 0.2) is 231 Å². The van der Waals surface area contributed by atoms with E-state index in [1.54, 1.807) is 12.1 Å². The first kappa shape index (κ1) is 44.4. The average Bonchev–Trinajstić information content (AvgIpc) is 3.41. The number of halogens is 2. The maximum atomic E-state index is 17.5. The predicted molar refractivity (Wildman–Crippen MR) is 300 cm³/mol. The fourth-order valence-electron chi connectivity index (χ4n) is 10.6. The van der Waals surface area contributed by atoms with E-state index in [9.17, 15) is 0 Å². The first-order valence-electron chi connectivity index (χ1n) is 24.5. The highest BCUT2D eigenvalue weighted by atomic mass is 19.1. The van der Waals surface area contributed by atoms with Crippen LogP contribution in [-0.2, 0) is 0 Å². The van der Waals surface area contributed by atoms with Crippen molar-refractivity contribution in [3.05, 3.63) is 264 Å². The van der Waals surface area contributed by atoms with Crippen molar-refractivity contribution in [2.45, 2.75) is 27.7 Å². The molecule has 0 amide bonds. The number of aryl methyl sites for hydroxylation is 4. The highest BCUT2D eigenvalue weighted by Gasteiger charge is 2.29. The normalized spacial score (nSPS) is 11.5. The van der Waals surface area contributed by atoms with Crippen LogP contribution in [0.2, 0.25) is 0 Å². The molecule has 0 spiro atoms. The molecule has 0 aromatic heterocycles. The van der Waals surface area contributed by atoms with Crippen molar-refractivity contribution in [1.82, 2.24) is 0 Å². The molecular weight excluding hydrogens is 883 g/mol. The molecule has 0 heterocycles. The number of hydrogen-bond donors (Lipinski definition) is 0. The molecule has 346 valence electrons. The van der Waals surface area contributed by atoms with Crippen LogP contribution in [0.4, 0.5) is 42.9 Å². The first-order valence-corrected chi connectivity index (χ1v) is 24.5. The lowest BCUT2D eigenvalue weighted by molar-refractivity contribution is 0.629. The Hall–Kier alpha value is -8.86. The Balaban J connectivity index is 1.14. The summed E-state index contributed by atoms with van der Waals surface area (Å²) >= 11 is 0. The fraction of sp³-hybridized carbons (Fsp3) is 0.0588. The quantitative estimate of drug-likeness (QED) is 0.126. The molecule has 0 unspecified atom stereocenters. The smallest absolute Gasteiger partial charge is 0.147 e. The second kappa shape index (κ2) is 18.1. The van der Waals surface area contributed by atoms with E-state index < -0.39 is 0 Å². The number of hydrogen-bond acceptors (Lipinski definition) is 2. The summed E-state index contributed by atoms with van der Waals surface area (Å²) in [5.41, 5.74) is 16.1. The Kier molecular flexibility index (Phi) is 11.2. The van der Waals surface area contributed by atoms with E-state index in [0.29, 0.717) is 11.4 Å². The topological polar surface area (TPSA) is 6.48 Å². The second-order valence-corrected chi connectivity index (χ2v) is 19.0. The number of para-hydroxylation sites is 2. The zero-order chi connectivity index (χ0) is 49.0. The van der Waals surface area contributed by atoms with Crippen LogP contribution >= 0.6 is 0 Å². The van der Waals surface area contributed by atoms with Crippen molar-refractivity contribution in [2.24, 2.45) is 0 Å². The highest BCUT2D eigenvalue weighted by molar-refractivity contribution is 6.28. The van der Waals surface area contributed by atoms with Gasteiger partial charge in [-0.05, 0) is 131 Å². The molecule has 0 aliphatic heterocycles. The van der Waals surface area contributed by atoms with Gasteiger partial charge in [0.15, 0.2) is 0 Å². The Bertz CT molecular complexity index is 3680. The van der Waals surface area contributed by atoms with Gasteiger partial charge in [-0.1, -0.05) is 204 Å². The first-order chi connectivity index (χ1) is 35.2. The fourth-order valence-corrected chi connectivity index (χ4v) is 10.6. The molecule has 4 heteroatoms. The standard InChI is InChI=1S/C68H50F2N2/c1-43-15-23-47(24-16-43)55-37-39-59(69)67(65(55)51-27-19-45(3)20-28-51)71(53-11-7-5-8-12-53)61-41-33-49-32-36-58-62(42-34-50-31-35-57(61)63(49)64(50)58)72(54-13-9-6-10-14-54)68-60(70)40-38-56(48-25-17-44(2)18-26-48)66(68)52-29-21-46(4)22-30-52/h5-42H,1-4H3.